The van der Waals surface area contributed by atoms with E-state index in [1.165, 1.54) is 17.8 Å². The van der Waals surface area contributed by atoms with Gasteiger partial charge in [-0.15, -0.1) is 0 Å². The molecule has 3 rings (SSSR count). The zero-order valence-electron chi connectivity index (χ0n) is 17.0. The molecule has 5 nitrogen and oxygen atoms in total. The number of likely N-dealkylation sites (tertiary alicyclic amines) is 1. The molecule has 1 atom stereocenters. The van der Waals surface area contributed by atoms with Gasteiger partial charge in [-0.05, 0) is 49.6 Å². The summed E-state index contributed by atoms with van der Waals surface area (Å²) in [6, 6.07) is 11.4. The summed E-state index contributed by atoms with van der Waals surface area (Å²) in [5.41, 5.74) is 0.620. The lowest BCUT2D eigenvalue weighted by Crippen LogP contribution is -2.41. The highest BCUT2D eigenvalue weighted by Crippen LogP contribution is 2.42. The number of amides is 1. The number of nitrogens with zero attached hydrogens (tertiary/aromatic N) is 1. The van der Waals surface area contributed by atoms with Crippen LogP contribution in [0.4, 0.5) is 0 Å². The van der Waals surface area contributed by atoms with Gasteiger partial charge in [-0.2, -0.15) is 0 Å². The van der Waals surface area contributed by atoms with Crippen LogP contribution in [0.15, 0.2) is 52.3 Å². The van der Waals surface area contributed by atoms with Crippen LogP contribution in [0.25, 0.3) is 6.08 Å². The first-order valence-corrected chi connectivity index (χ1v) is 11.6. The van der Waals surface area contributed by atoms with Crippen LogP contribution >= 0.6 is 35.0 Å². The molecular formula is C23H23Cl2NO4S. The van der Waals surface area contributed by atoms with E-state index in [-0.39, 0.29) is 12.5 Å². The second-order valence-corrected chi connectivity index (χ2v) is 8.90. The molecule has 0 bridgehead atoms. The van der Waals surface area contributed by atoms with Gasteiger partial charge >= 0.3 is 5.97 Å². The normalized spacial score (nSPS) is 16.5. The lowest BCUT2D eigenvalue weighted by atomic mass is 9.98. The largest absolute Gasteiger partial charge is 0.493 e. The van der Waals surface area contributed by atoms with E-state index in [1.807, 2.05) is 37.3 Å². The molecule has 1 aliphatic heterocycles. The van der Waals surface area contributed by atoms with Crippen molar-refractivity contribution in [3.05, 3.63) is 58.1 Å². The highest BCUT2D eigenvalue weighted by atomic mass is 35.5. The molecule has 2 aromatic rings. The number of carboxylic acid groups (broad SMARTS) is 1. The van der Waals surface area contributed by atoms with Crippen LogP contribution in [0, 0.1) is 5.92 Å². The standard InChI is InChI=1S/C23H23Cl2NO4S/c1-2-30-17-7-3-4-8-18(17)31-19-11-9-15(21(24)22(19)25)10-12-20(27)26-13-5-6-16(14-26)23(28)29/h3-4,7-12,16H,2,5-6,13-14H2,1H3,(H,28,29)/b12-10+. The Bertz CT molecular complexity index is 996. The van der Waals surface area contributed by atoms with Crippen LogP contribution in [-0.2, 0) is 9.59 Å². The molecule has 1 aliphatic rings. The van der Waals surface area contributed by atoms with Crippen molar-refractivity contribution < 1.29 is 19.4 Å². The number of carbonyl (C=O) groups is 2. The number of hydrogen-bond acceptors (Lipinski definition) is 4. The quantitative estimate of drug-likeness (QED) is 0.502. The molecule has 0 aliphatic carbocycles. The summed E-state index contributed by atoms with van der Waals surface area (Å²) in [6.07, 6.45) is 4.30. The van der Waals surface area contributed by atoms with Crippen molar-refractivity contribution in [2.45, 2.75) is 29.6 Å². The van der Waals surface area contributed by atoms with Crippen LogP contribution in [0.1, 0.15) is 25.3 Å². The van der Waals surface area contributed by atoms with E-state index in [0.29, 0.717) is 41.6 Å². The third-order valence-electron chi connectivity index (χ3n) is 4.93. The van der Waals surface area contributed by atoms with Crippen LogP contribution in [0.3, 0.4) is 0 Å². The van der Waals surface area contributed by atoms with Gasteiger partial charge in [0, 0.05) is 24.1 Å². The number of piperidine rings is 1. The average molecular weight is 480 g/mol. The molecule has 2 aromatic carbocycles. The predicted octanol–water partition coefficient (Wildman–Crippen LogP) is 5.88. The molecule has 1 amide bonds. The molecular weight excluding hydrogens is 457 g/mol. The van der Waals surface area contributed by atoms with Gasteiger partial charge in [0.15, 0.2) is 0 Å². The van der Waals surface area contributed by atoms with E-state index in [1.54, 1.807) is 17.0 Å². The first kappa shape index (κ1) is 23.5. The van der Waals surface area contributed by atoms with Crippen LogP contribution in [0.5, 0.6) is 5.75 Å². The zero-order chi connectivity index (χ0) is 22.4. The minimum Gasteiger partial charge on any atom is -0.493 e. The van der Waals surface area contributed by atoms with Crippen LogP contribution in [-0.4, -0.2) is 41.6 Å². The summed E-state index contributed by atoms with van der Waals surface area (Å²) in [4.78, 5) is 27.0. The Labute approximate surface area is 196 Å². The smallest absolute Gasteiger partial charge is 0.308 e. The van der Waals surface area contributed by atoms with Crippen LogP contribution in [0.2, 0.25) is 10.0 Å². The fourth-order valence-electron chi connectivity index (χ4n) is 3.33. The number of aliphatic carboxylic acids is 1. The average Bonchev–Trinajstić information content (AvgIpc) is 2.77. The molecule has 0 spiro atoms. The minimum atomic E-state index is -0.865. The van der Waals surface area contributed by atoms with E-state index in [4.69, 9.17) is 27.9 Å². The van der Waals surface area contributed by atoms with E-state index in [2.05, 4.69) is 0 Å². The fraction of sp³-hybridized carbons (Fsp3) is 0.304. The Kier molecular flexibility index (Phi) is 8.29. The first-order valence-electron chi connectivity index (χ1n) is 9.98. The van der Waals surface area contributed by atoms with Crippen molar-refractivity contribution in [1.29, 1.82) is 0 Å². The second-order valence-electron chi connectivity index (χ2n) is 7.06. The number of para-hydroxylation sites is 1. The number of hydrogen-bond donors (Lipinski definition) is 1. The van der Waals surface area contributed by atoms with Gasteiger partial charge < -0.3 is 14.7 Å². The summed E-state index contributed by atoms with van der Waals surface area (Å²) in [7, 11) is 0. The monoisotopic (exact) mass is 479 g/mol. The Morgan fingerprint density at radius 3 is 2.71 bits per heavy atom. The van der Waals surface area contributed by atoms with E-state index in [9.17, 15) is 14.7 Å². The van der Waals surface area contributed by atoms with Crippen LogP contribution < -0.4 is 4.74 Å². The molecule has 1 saturated heterocycles. The third kappa shape index (κ3) is 5.97. The van der Waals surface area contributed by atoms with Crippen molar-refractivity contribution in [1.82, 2.24) is 4.90 Å². The molecule has 0 radical (unpaired) electrons. The molecule has 1 heterocycles. The van der Waals surface area contributed by atoms with E-state index >= 15 is 0 Å². The van der Waals surface area contributed by atoms with Gasteiger partial charge in [-0.3, -0.25) is 9.59 Å². The summed E-state index contributed by atoms with van der Waals surface area (Å²) in [6.45, 7) is 3.27. The second kappa shape index (κ2) is 10.9. The fourth-order valence-corrected chi connectivity index (χ4v) is 4.84. The third-order valence-corrected chi connectivity index (χ3v) is 7.06. The maximum atomic E-state index is 12.5. The highest BCUT2D eigenvalue weighted by Gasteiger charge is 2.27. The molecule has 8 heteroatoms. The van der Waals surface area contributed by atoms with Gasteiger partial charge in [-0.25, -0.2) is 0 Å². The first-order chi connectivity index (χ1) is 14.9. The van der Waals surface area contributed by atoms with Gasteiger partial charge in [0.1, 0.15) is 5.75 Å². The molecule has 1 unspecified atom stereocenters. The Hall–Kier alpha value is -2.15. The SMILES string of the molecule is CCOc1ccccc1Sc1ccc(/C=C/C(=O)N2CCCC(C(=O)O)C2)c(Cl)c1Cl. The van der Waals surface area contributed by atoms with E-state index < -0.39 is 11.9 Å². The Morgan fingerprint density at radius 1 is 1.19 bits per heavy atom. The number of ether oxygens (including phenoxy) is 1. The summed E-state index contributed by atoms with van der Waals surface area (Å²) < 4.78 is 5.66. The molecule has 164 valence electrons. The Balaban J connectivity index is 1.73. The lowest BCUT2D eigenvalue weighted by Gasteiger charge is -2.29. The Morgan fingerprint density at radius 2 is 1.97 bits per heavy atom. The molecule has 31 heavy (non-hydrogen) atoms. The number of carbonyl (C=O) groups excluding carboxylic acids is 1. The number of benzene rings is 2. The number of rotatable bonds is 7. The van der Waals surface area contributed by atoms with E-state index in [0.717, 1.165) is 15.5 Å². The molecule has 0 saturated carbocycles. The topological polar surface area (TPSA) is 66.8 Å². The maximum Gasteiger partial charge on any atom is 0.308 e. The highest BCUT2D eigenvalue weighted by molar-refractivity contribution is 7.99. The van der Waals surface area contributed by atoms with Crippen molar-refractivity contribution in [3.63, 3.8) is 0 Å². The van der Waals surface area contributed by atoms with Gasteiger partial charge in [0.05, 0.1) is 27.5 Å². The summed E-state index contributed by atoms with van der Waals surface area (Å²) >= 11 is 14.4. The molecule has 1 N–H and O–H groups in total. The summed E-state index contributed by atoms with van der Waals surface area (Å²) in [5, 5.41) is 9.95. The van der Waals surface area contributed by atoms with Gasteiger partial charge in [-0.1, -0.05) is 53.2 Å². The van der Waals surface area contributed by atoms with Crippen molar-refractivity contribution in [2.75, 3.05) is 19.7 Å². The molecule has 1 fully saturated rings. The molecule has 0 aromatic heterocycles. The lowest BCUT2D eigenvalue weighted by molar-refractivity contribution is -0.144. The van der Waals surface area contributed by atoms with Crippen molar-refractivity contribution >= 4 is 52.9 Å². The van der Waals surface area contributed by atoms with Gasteiger partial charge in [0.2, 0.25) is 5.91 Å². The summed E-state index contributed by atoms with van der Waals surface area (Å²) in [5.74, 6) is -0.838. The number of carboxylic acids is 1. The van der Waals surface area contributed by atoms with Gasteiger partial charge in [0.25, 0.3) is 0 Å². The minimum absolute atomic E-state index is 0.224. The zero-order valence-corrected chi connectivity index (χ0v) is 19.3. The van der Waals surface area contributed by atoms with Crippen molar-refractivity contribution in [2.24, 2.45) is 5.92 Å². The van der Waals surface area contributed by atoms with Crippen molar-refractivity contribution in [3.8, 4) is 5.75 Å². The predicted molar refractivity (Wildman–Crippen MR) is 124 cm³/mol. The maximum absolute atomic E-state index is 12.5. The number of halogens is 2.